The maximum atomic E-state index is 13.1. The number of hydrogen-bond donors (Lipinski definition) is 0. The summed E-state index contributed by atoms with van der Waals surface area (Å²) in [7, 11) is 0. The largest absolute Gasteiger partial charge is 0.449 e. The number of rotatable bonds is 6. The van der Waals surface area contributed by atoms with Gasteiger partial charge in [-0.1, -0.05) is 0 Å². The van der Waals surface area contributed by atoms with Crippen LogP contribution in [0.4, 0.5) is 4.39 Å². The number of Topliss-reactive ketones (excluding diaryl/α,β-unsaturated/α-hetero) is 1. The van der Waals surface area contributed by atoms with Crippen molar-refractivity contribution in [3.05, 3.63) is 83.1 Å². The second kappa shape index (κ2) is 7.00. The van der Waals surface area contributed by atoms with Crippen LogP contribution in [0.15, 0.2) is 58.4 Å². The van der Waals surface area contributed by atoms with Crippen LogP contribution in [0.25, 0.3) is 0 Å². The second-order valence-corrected chi connectivity index (χ2v) is 6.15. The predicted molar refractivity (Wildman–Crippen MR) is 93.5 cm³/mol. The molecule has 3 heterocycles. The minimum Gasteiger partial charge on any atom is -0.449 e. The Morgan fingerprint density at radius 1 is 1.19 bits per heavy atom. The fourth-order valence-electron chi connectivity index (χ4n) is 3.00. The Hall–Kier alpha value is -3.15. The number of halogens is 1. The smallest absolute Gasteiger partial charge is 0.194 e. The van der Waals surface area contributed by atoms with E-state index in [-0.39, 0.29) is 18.0 Å². The molecular formula is C20H16FN3O2. The highest BCUT2D eigenvalue weighted by Gasteiger charge is 2.19. The Bertz CT molecular complexity index is 963. The zero-order chi connectivity index (χ0) is 17.9. The Balaban J connectivity index is 1.43. The Labute approximate surface area is 149 Å². The molecule has 0 radical (unpaired) electrons. The third-order valence-electron chi connectivity index (χ3n) is 4.31. The van der Waals surface area contributed by atoms with E-state index < -0.39 is 0 Å². The molecule has 0 N–H and O–H groups in total. The number of aliphatic imine (C=N–C) groups is 1. The van der Waals surface area contributed by atoms with E-state index in [4.69, 9.17) is 4.42 Å². The SMILES string of the molecule is O=C(CCc1ncco1)Cc1cc2c(cn1)C(c1ccc(F)cc1)=NC2. The fraction of sp³-hybridized carbons (Fsp3) is 0.200. The van der Waals surface area contributed by atoms with Crippen LogP contribution in [0.2, 0.25) is 0 Å². The van der Waals surface area contributed by atoms with Gasteiger partial charge in [-0.2, -0.15) is 0 Å². The van der Waals surface area contributed by atoms with E-state index in [1.165, 1.54) is 18.4 Å². The van der Waals surface area contributed by atoms with E-state index in [2.05, 4.69) is 15.0 Å². The van der Waals surface area contributed by atoms with Gasteiger partial charge < -0.3 is 4.42 Å². The first-order valence-corrected chi connectivity index (χ1v) is 8.37. The molecule has 130 valence electrons. The topological polar surface area (TPSA) is 68.3 Å². The highest BCUT2D eigenvalue weighted by molar-refractivity contribution is 6.14. The van der Waals surface area contributed by atoms with E-state index >= 15 is 0 Å². The molecule has 0 atom stereocenters. The number of carbonyl (C=O) groups excluding carboxylic acids is 1. The highest BCUT2D eigenvalue weighted by Crippen LogP contribution is 2.23. The van der Waals surface area contributed by atoms with Crippen LogP contribution < -0.4 is 0 Å². The van der Waals surface area contributed by atoms with Gasteiger partial charge in [0.15, 0.2) is 5.89 Å². The van der Waals surface area contributed by atoms with Crippen LogP contribution in [-0.2, 0) is 24.2 Å². The molecule has 1 aliphatic rings. The van der Waals surface area contributed by atoms with Crippen LogP contribution in [0.5, 0.6) is 0 Å². The van der Waals surface area contributed by atoms with E-state index in [1.807, 2.05) is 6.07 Å². The summed E-state index contributed by atoms with van der Waals surface area (Å²) in [4.78, 5) is 25.1. The van der Waals surface area contributed by atoms with Gasteiger partial charge >= 0.3 is 0 Å². The number of hydrogen-bond acceptors (Lipinski definition) is 5. The second-order valence-electron chi connectivity index (χ2n) is 6.15. The fourth-order valence-corrected chi connectivity index (χ4v) is 3.00. The quantitative estimate of drug-likeness (QED) is 0.685. The Kier molecular flexibility index (Phi) is 4.39. The van der Waals surface area contributed by atoms with E-state index in [9.17, 15) is 9.18 Å². The van der Waals surface area contributed by atoms with E-state index in [0.717, 1.165) is 28.1 Å². The number of pyridine rings is 1. The first kappa shape index (κ1) is 16.3. The number of ketones is 1. The van der Waals surface area contributed by atoms with Gasteiger partial charge in [-0.25, -0.2) is 9.37 Å². The lowest BCUT2D eigenvalue weighted by Crippen LogP contribution is -2.08. The number of benzene rings is 1. The molecule has 5 nitrogen and oxygen atoms in total. The molecule has 2 aromatic heterocycles. The molecule has 6 heteroatoms. The molecule has 26 heavy (non-hydrogen) atoms. The van der Waals surface area contributed by atoms with Crippen molar-refractivity contribution in [2.75, 3.05) is 0 Å². The van der Waals surface area contributed by atoms with Gasteiger partial charge in [0.2, 0.25) is 0 Å². The molecule has 0 saturated heterocycles. The van der Waals surface area contributed by atoms with Gasteiger partial charge in [0.25, 0.3) is 0 Å². The maximum absolute atomic E-state index is 13.1. The third-order valence-corrected chi connectivity index (χ3v) is 4.31. The van der Waals surface area contributed by atoms with Crippen molar-refractivity contribution in [2.24, 2.45) is 4.99 Å². The minimum absolute atomic E-state index is 0.0910. The molecule has 0 aliphatic carbocycles. The minimum atomic E-state index is -0.274. The van der Waals surface area contributed by atoms with Gasteiger partial charge in [0.1, 0.15) is 17.9 Å². The zero-order valence-corrected chi connectivity index (χ0v) is 14.0. The summed E-state index contributed by atoms with van der Waals surface area (Å²) in [6.07, 6.45) is 5.97. The first-order valence-electron chi connectivity index (χ1n) is 8.37. The van der Waals surface area contributed by atoms with Crippen molar-refractivity contribution in [3.8, 4) is 0 Å². The summed E-state index contributed by atoms with van der Waals surface area (Å²) in [5, 5.41) is 0. The van der Waals surface area contributed by atoms with Crippen molar-refractivity contribution < 1.29 is 13.6 Å². The predicted octanol–water partition coefficient (Wildman–Crippen LogP) is 3.30. The molecular weight excluding hydrogens is 333 g/mol. The average Bonchev–Trinajstić information content (AvgIpc) is 3.30. The molecule has 0 fully saturated rings. The number of nitrogens with zero attached hydrogens (tertiary/aromatic N) is 3. The molecule has 1 aliphatic heterocycles. The van der Waals surface area contributed by atoms with Crippen molar-refractivity contribution >= 4 is 11.5 Å². The first-order chi connectivity index (χ1) is 12.7. The van der Waals surface area contributed by atoms with Crippen molar-refractivity contribution in [2.45, 2.75) is 25.8 Å². The van der Waals surface area contributed by atoms with Gasteiger partial charge in [-0.3, -0.25) is 14.8 Å². The lowest BCUT2D eigenvalue weighted by atomic mass is 10.0. The Morgan fingerprint density at radius 3 is 2.81 bits per heavy atom. The van der Waals surface area contributed by atoms with Crippen molar-refractivity contribution in [1.82, 2.24) is 9.97 Å². The Morgan fingerprint density at radius 2 is 2.04 bits per heavy atom. The van der Waals surface area contributed by atoms with Crippen molar-refractivity contribution in [3.63, 3.8) is 0 Å². The summed E-state index contributed by atoms with van der Waals surface area (Å²) >= 11 is 0. The number of fused-ring (bicyclic) bond motifs is 1. The molecule has 0 bridgehead atoms. The number of carbonyl (C=O) groups is 1. The molecule has 0 spiro atoms. The number of aromatic nitrogens is 2. The van der Waals surface area contributed by atoms with Crippen LogP contribution in [0.1, 0.15) is 34.7 Å². The molecule has 1 aromatic carbocycles. The third kappa shape index (κ3) is 3.44. The number of oxazole rings is 1. The molecule has 0 saturated carbocycles. The van der Waals surface area contributed by atoms with Crippen LogP contribution >= 0.6 is 0 Å². The maximum Gasteiger partial charge on any atom is 0.194 e. The van der Waals surface area contributed by atoms with E-state index in [0.29, 0.717) is 25.3 Å². The van der Waals surface area contributed by atoms with Gasteiger partial charge in [-0.05, 0) is 35.9 Å². The summed E-state index contributed by atoms with van der Waals surface area (Å²) in [5.74, 6) is 0.384. The summed E-state index contributed by atoms with van der Waals surface area (Å²) in [6.45, 7) is 0.544. The van der Waals surface area contributed by atoms with Crippen LogP contribution in [0, 0.1) is 5.82 Å². The standard InChI is InChI=1S/C20H16FN3O2/c21-15-3-1-13(2-4-15)20-18-12-23-16(9-14(18)11-24-20)10-17(25)5-6-19-22-7-8-26-19/h1-4,7-9,12H,5-6,10-11H2. The monoisotopic (exact) mass is 349 g/mol. The summed E-state index contributed by atoms with van der Waals surface area (Å²) in [5.41, 5.74) is 4.38. The van der Waals surface area contributed by atoms with Gasteiger partial charge in [0.05, 0.1) is 18.5 Å². The van der Waals surface area contributed by atoms with Gasteiger partial charge in [0, 0.05) is 42.3 Å². The normalized spacial score (nSPS) is 12.7. The zero-order valence-electron chi connectivity index (χ0n) is 14.0. The van der Waals surface area contributed by atoms with Crippen LogP contribution in [0.3, 0.4) is 0 Å². The molecule has 4 rings (SSSR count). The molecule has 0 unspecified atom stereocenters. The highest BCUT2D eigenvalue weighted by atomic mass is 19.1. The summed E-state index contributed by atoms with van der Waals surface area (Å²) in [6, 6.07) is 8.19. The van der Waals surface area contributed by atoms with Crippen LogP contribution in [-0.4, -0.2) is 21.5 Å². The molecule has 0 amide bonds. The number of aryl methyl sites for hydroxylation is 1. The lowest BCUT2D eigenvalue weighted by molar-refractivity contribution is -0.118. The van der Waals surface area contributed by atoms with Gasteiger partial charge in [-0.15, -0.1) is 0 Å². The molecule has 3 aromatic rings. The lowest BCUT2D eigenvalue weighted by Gasteiger charge is -2.06. The summed E-state index contributed by atoms with van der Waals surface area (Å²) < 4.78 is 18.2. The van der Waals surface area contributed by atoms with Crippen molar-refractivity contribution in [1.29, 1.82) is 0 Å². The van der Waals surface area contributed by atoms with E-state index in [1.54, 1.807) is 24.5 Å². The average molecular weight is 349 g/mol.